The third kappa shape index (κ3) is 9.28. The van der Waals surface area contributed by atoms with Crippen molar-refractivity contribution in [2.45, 2.75) is 92.2 Å². The van der Waals surface area contributed by atoms with Crippen LogP contribution >= 0.6 is 0 Å². The van der Waals surface area contributed by atoms with Crippen molar-refractivity contribution in [1.82, 2.24) is 9.80 Å². The summed E-state index contributed by atoms with van der Waals surface area (Å²) in [7, 11) is 0. The molecule has 0 unspecified atom stereocenters. The van der Waals surface area contributed by atoms with Gasteiger partial charge in [-0.25, -0.2) is 0 Å². The van der Waals surface area contributed by atoms with E-state index in [2.05, 4.69) is 10.6 Å². The summed E-state index contributed by atoms with van der Waals surface area (Å²) in [5.74, 6) is -0.209. The molecule has 0 bridgehead atoms. The fourth-order valence-electron chi connectivity index (χ4n) is 5.78. The largest absolute Gasteiger partial charge is 0.331 e. The molecule has 2 N–H and O–H groups in total. The van der Waals surface area contributed by atoms with Gasteiger partial charge in [0.05, 0.1) is 0 Å². The second kappa shape index (κ2) is 13.8. The summed E-state index contributed by atoms with van der Waals surface area (Å²) in [6, 6.07) is 14.4. The predicted molar refractivity (Wildman–Crippen MR) is 177 cm³/mol. The number of rotatable bonds is 8. The zero-order valence-corrected chi connectivity index (χ0v) is 27.1. The van der Waals surface area contributed by atoms with Gasteiger partial charge >= 0.3 is 0 Å². The summed E-state index contributed by atoms with van der Waals surface area (Å²) in [5.41, 5.74) is 3.11. The van der Waals surface area contributed by atoms with Crippen LogP contribution in [0, 0.1) is 10.8 Å². The zero-order valence-electron chi connectivity index (χ0n) is 27.1. The van der Waals surface area contributed by atoms with E-state index in [1.165, 1.54) is 0 Å². The second-order valence-electron chi connectivity index (χ2n) is 14.5. The Morgan fingerprint density at radius 3 is 1.30 bits per heavy atom. The molecule has 44 heavy (non-hydrogen) atoms. The van der Waals surface area contributed by atoms with Crippen molar-refractivity contribution in [3.05, 3.63) is 59.7 Å². The first-order chi connectivity index (χ1) is 20.7. The van der Waals surface area contributed by atoms with Gasteiger partial charge in [-0.3, -0.25) is 19.2 Å². The number of amides is 4. The Morgan fingerprint density at radius 1 is 0.636 bits per heavy atom. The van der Waals surface area contributed by atoms with E-state index in [0.717, 1.165) is 24.0 Å². The Bertz CT molecular complexity index is 1260. The third-order valence-electron chi connectivity index (χ3n) is 7.94. The van der Waals surface area contributed by atoms with E-state index in [0.29, 0.717) is 50.1 Å². The van der Waals surface area contributed by atoms with Gasteiger partial charge in [0.25, 0.3) is 0 Å². The van der Waals surface area contributed by atoms with Crippen molar-refractivity contribution in [1.29, 1.82) is 0 Å². The molecule has 0 spiro atoms. The van der Waals surface area contributed by atoms with Gasteiger partial charge in [0.1, 0.15) is 12.1 Å². The molecule has 8 nitrogen and oxygen atoms in total. The van der Waals surface area contributed by atoms with Crippen LogP contribution in [-0.2, 0) is 19.2 Å². The molecular formula is C36H48N4O4. The van der Waals surface area contributed by atoms with Gasteiger partial charge in [0.15, 0.2) is 0 Å². The minimum Gasteiger partial charge on any atom is -0.331 e. The van der Waals surface area contributed by atoms with E-state index in [9.17, 15) is 19.2 Å². The van der Waals surface area contributed by atoms with E-state index in [4.69, 9.17) is 0 Å². The van der Waals surface area contributed by atoms with Gasteiger partial charge in [-0.15, -0.1) is 0 Å². The molecule has 0 aromatic heterocycles. The Hall–Kier alpha value is -3.94. The molecule has 0 saturated carbocycles. The average molecular weight is 601 g/mol. The van der Waals surface area contributed by atoms with E-state index in [1.54, 1.807) is 9.80 Å². The maximum Gasteiger partial charge on any atom is 0.247 e. The monoisotopic (exact) mass is 600 g/mol. The van der Waals surface area contributed by atoms with Crippen LogP contribution in [0.1, 0.15) is 91.2 Å². The zero-order chi connectivity index (χ0) is 32.1. The minimum absolute atomic E-state index is 0.0367. The van der Waals surface area contributed by atoms with E-state index >= 15 is 0 Å². The van der Waals surface area contributed by atoms with Crippen molar-refractivity contribution >= 4 is 47.2 Å². The van der Waals surface area contributed by atoms with Crippen LogP contribution in [0.25, 0.3) is 12.2 Å². The van der Waals surface area contributed by atoms with Gasteiger partial charge in [-0.1, -0.05) is 78.0 Å². The number of carbonyl (C=O) groups excluding carboxylic acids is 4. The molecule has 2 aromatic carbocycles. The molecule has 2 saturated heterocycles. The first kappa shape index (κ1) is 33.0. The topological polar surface area (TPSA) is 98.8 Å². The van der Waals surface area contributed by atoms with Crippen LogP contribution in [0.2, 0.25) is 0 Å². The molecule has 2 atom stereocenters. The van der Waals surface area contributed by atoms with Crippen LogP contribution in [0.4, 0.5) is 11.4 Å². The molecule has 2 aliphatic rings. The molecule has 2 aromatic rings. The van der Waals surface area contributed by atoms with E-state index < -0.39 is 12.1 Å². The molecule has 4 amide bonds. The van der Waals surface area contributed by atoms with Crippen molar-refractivity contribution in [3.8, 4) is 0 Å². The summed E-state index contributed by atoms with van der Waals surface area (Å²) in [6.07, 6.45) is 7.86. The highest BCUT2D eigenvalue weighted by Gasteiger charge is 2.36. The number of nitrogens with one attached hydrogen (secondary N) is 2. The van der Waals surface area contributed by atoms with Crippen LogP contribution in [-0.4, -0.2) is 58.6 Å². The third-order valence-corrected chi connectivity index (χ3v) is 7.94. The lowest BCUT2D eigenvalue weighted by molar-refractivity contribution is -0.138. The molecule has 8 heteroatoms. The minimum atomic E-state index is -0.426. The van der Waals surface area contributed by atoms with Crippen LogP contribution < -0.4 is 10.6 Å². The Morgan fingerprint density at radius 2 is 0.977 bits per heavy atom. The fourth-order valence-corrected chi connectivity index (χ4v) is 5.78. The lowest BCUT2D eigenvalue weighted by atomic mass is 9.91. The number of benzene rings is 2. The first-order valence-electron chi connectivity index (χ1n) is 15.8. The quantitative estimate of drug-likeness (QED) is 0.334. The van der Waals surface area contributed by atoms with Crippen LogP contribution in [0.5, 0.6) is 0 Å². The van der Waals surface area contributed by atoms with Gasteiger partial charge in [0, 0.05) is 37.3 Å². The highest BCUT2D eigenvalue weighted by molar-refractivity contribution is 5.98. The van der Waals surface area contributed by atoms with E-state index in [1.807, 2.05) is 102 Å². The number of hydrogen-bond acceptors (Lipinski definition) is 4. The Labute approximate surface area is 262 Å². The number of likely N-dealkylation sites (tertiary alicyclic amines) is 2. The number of anilines is 2. The summed E-state index contributed by atoms with van der Waals surface area (Å²) in [5, 5.41) is 5.96. The van der Waals surface area contributed by atoms with Gasteiger partial charge in [0.2, 0.25) is 23.6 Å². The van der Waals surface area contributed by atoms with Crippen molar-refractivity contribution < 1.29 is 19.2 Å². The smallest absolute Gasteiger partial charge is 0.247 e. The van der Waals surface area contributed by atoms with Crippen molar-refractivity contribution in [3.63, 3.8) is 0 Å². The highest BCUT2D eigenvalue weighted by Crippen LogP contribution is 2.27. The van der Waals surface area contributed by atoms with Gasteiger partial charge in [-0.2, -0.15) is 0 Å². The fraction of sp³-hybridized carbons (Fsp3) is 0.500. The van der Waals surface area contributed by atoms with E-state index in [-0.39, 0.29) is 34.5 Å². The molecule has 236 valence electrons. The van der Waals surface area contributed by atoms with Crippen LogP contribution in [0.15, 0.2) is 48.5 Å². The molecular weight excluding hydrogens is 552 g/mol. The summed E-state index contributed by atoms with van der Waals surface area (Å²) < 4.78 is 0. The normalized spacial score (nSPS) is 19.0. The second-order valence-corrected chi connectivity index (χ2v) is 14.5. The lowest BCUT2D eigenvalue weighted by Crippen LogP contribution is -2.44. The number of hydrogen-bond donors (Lipinski definition) is 2. The maximum atomic E-state index is 13.0. The molecule has 0 aliphatic carbocycles. The van der Waals surface area contributed by atoms with Gasteiger partial charge < -0.3 is 20.4 Å². The maximum absolute atomic E-state index is 13.0. The molecule has 2 aliphatic heterocycles. The number of carbonyl (C=O) groups is 4. The molecule has 2 fully saturated rings. The summed E-state index contributed by atoms with van der Waals surface area (Å²) in [4.78, 5) is 55.0. The summed E-state index contributed by atoms with van der Waals surface area (Å²) >= 11 is 0. The van der Waals surface area contributed by atoms with Crippen LogP contribution in [0.3, 0.4) is 0 Å². The Kier molecular flexibility index (Phi) is 10.3. The predicted octanol–water partition coefficient (Wildman–Crippen LogP) is 6.59. The molecule has 0 radical (unpaired) electrons. The van der Waals surface area contributed by atoms with Gasteiger partial charge in [-0.05, 0) is 71.9 Å². The average Bonchev–Trinajstić information content (AvgIpc) is 3.62. The molecule has 4 rings (SSSR count). The molecule has 2 heterocycles. The first-order valence-corrected chi connectivity index (χ1v) is 15.8. The van der Waals surface area contributed by atoms with Crippen molar-refractivity contribution in [2.24, 2.45) is 10.8 Å². The Balaban J connectivity index is 1.29. The SMILES string of the molecule is CC(C)(C)CC(=O)N1CCC[C@H]1C(=O)Nc1ccc(/C=C/c2ccc(NC(=O)[C@@H]3CCCN3C(=O)CC(C)(C)C)cc2)cc1. The lowest BCUT2D eigenvalue weighted by Gasteiger charge is -2.27. The summed E-state index contributed by atoms with van der Waals surface area (Å²) in [6.45, 7) is 13.5. The standard InChI is InChI=1S/C36H48N4O4/c1-35(2,3)23-31(41)39-21-7-9-29(39)33(43)37-27-17-13-25(14-18-27)11-12-26-15-19-28(20-16-26)38-34(44)30-10-8-22-40(30)32(42)24-36(4,5)6/h11-20,29-30H,7-10,21-24H2,1-6H3,(H,37,43)(H,38,44)/b12-11+/t29-,30-/m0/s1. The number of nitrogens with zero attached hydrogens (tertiary/aromatic N) is 2. The highest BCUT2D eigenvalue weighted by atomic mass is 16.2. The van der Waals surface area contributed by atoms with Crippen molar-refractivity contribution in [2.75, 3.05) is 23.7 Å².